The molecule has 5 nitrogen and oxygen atoms in total. The molecular formula is C17H21N3O2. The number of para-hydroxylation sites is 1. The minimum atomic E-state index is -0.0526. The highest BCUT2D eigenvalue weighted by atomic mass is 16.3. The number of hydrogen-bond acceptors (Lipinski definition) is 4. The molecule has 0 fully saturated rings. The van der Waals surface area contributed by atoms with Gasteiger partial charge in [0.25, 0.3) is 5.91 Å². The van der Waals surface area contributed by atoms with Crippen LogP contribution in [0.5, 0.6) is 0 Å². The Morgan fingerprint density at radius 3 is 2.95 bits per heavy atom. The van der Waals surface area contributed by atoms with Crippen LogP contribution in [0.25, 0.3) is 0 Å². The van der Waals surface area contributed by atoms with Gasteiger partial charge in [0.15, 0.2) is 12.1 Å². The SMILES string of the molecule is CCc1ocnc1C(=O)N1Cc2ccccc2N(C)CC1C. The summed E-state index contributed by atoms with van der Waals surface area (Å²) in [5.41, 5.74) is 2.78. The van der Waals surface area contributed by atoms with E-state index in [1.165, 1.54) is 12.1 Å². The number of benzene rings is 1. The molecule has 5 heteroatoms. The van der Waals surface area contributed by atoms with E-state index in [0.29, 0.717) is 24.4 Å². The van der Waals surface area contributed by atoms with Gasteiger partial charge in [0.05, 0.1) is 0 Å². The quantitative estimate of drug-likeness (QED) is 0.855. The molecule has 0 spiro atoms. The lowest BCUT2D eigenvalue weighted by Gasteiger charge is -2.28. The van der Waals surface area contributed by atoms with E-state index in [0.717, 1.165) is 12.1 Å². The molecule has 2 heterocycles. The smallest absolute Gasteiger partial charge is 0.276 e. The molecule has 0 saturated carbocycles. The second kappa shape index (κ2) is 5.83. The van der Waals surface area contributed by atoms with Crippen LogP contribution in [0.4, 0.5) is 5.69 Å². The lowest BCUT2D eigenvalue weighted by molar-refractivity contribution is 0.0679. The Balaban J connectivity index is 1.95. The number of carbonyl (C=O) groups excluding carboxylic acids is 1. The van der Waals surface area contributed by atoms with Crippen molar-refractivity contribution in [1.82, 2.24) is 9.88 Å². The summed E-state index contributed by atoms with van der Waals surface area (Å²) in [6, 6.07) is 8.33. The number of oxazole rings is 1. The molecule has 0 aliphatic carbocycles. The molecule has 1 aliphatic rings. The van der Waals surface area contributed by atoms with Gasteiger partial charge in [-0.1, -0.05) is 25.1 Å². The zero-order valence-corrected chi connectivity index (χ0v) is 13.2. The molecule has 1 amide bonds. The van der Waals surface area contributed by atoms with Gasteiger partial charge in [0, 0.05) is 38.3 Å². The number of carbonyl (C=O) groups is 1. The maximum absolute atomic E-state index is 12.9. The number of amides is 1. The van der Waals surface area contributed by atoms with Crippen molar-refractivity contribution in [3.63, 3.8) is 0 Å². The van der Waals surface area contributed by atoms with Crippen LogP contribution >= 0.6 is 0 Å². The molecule has 3 rings (SSSR count). The zero-order valence-electron chi connectivity index (χ0n) is 13.2. The average Bonchev–Trinajstić information content (AvgIpc) is 2.95. The monoisotopic (exact) mass is 299 g/mol. The van der Waals surface area contributed by atoms with Gasteiger partial charge in [-0.3, -0.25) is 4.79 Å². The molecule has 0 radical (unpaired) electrons. The molecule has 0 bridgehead atoms. The van der Waals surface area contributed by atoms with E-state index < -0.39 is 0 Å². The molecule has 1 aliphatic heterocycles. The van der Waals surface area contributed by atoms with Crippen molar-refractivity contribution >= 4 is 11.6 Å². The first kappa shape index (κ1) is 14.6. The second-order valence-corrected chi connectivity index (χ2v) is 5.77. The highest BCUT2D eigenvalue weighted by Crippen LogP contribution is 2.27. The molecule has 1 aromatic carbocycles. The molecular weight excluding hydrogens is 278 g/mol. The largest absolute Gasteiger partial charge is 0.448 e. The Morgan fingerprint density at radius 1 is 1.41 bits per heavy atom. The third-order valence-electron chi connectivity index (χ3n) is 4.24. The number of likely N-dealkylation sites (N-methyl/N-ethyl adjacent to an activating group) is 1. The van der Waals surface area contributed by atoms with Crippen molar-refractivity contribution in [2.24, 2.45) is 0 Å². The number of fused-ring (bicyclic) bond motifs is 1. The highest BCUT2D eigenvalue weighted by Gasteiger charge is 2.30. The molecule has 0 N–H and O–H groups in total. The lowest BCUT2D eigenvalue weighted by Crippen LogP contribution is -2.42. The first-order valence-electron chi connectivity index (χ1n) is 7.64. The molecule has 1 aromatic heterocycles. The Kier molecular flexibility index (Phi) is 3.88. The summed E-state index contributed by atoms with van der Waals surface area (Å²) in [7, 11) is 2.07. The van der Waals surface area contributed by atoms with Crippen LogP contribution in [0.2, 0.25) is 0 Å². The van der Waals surface area contributed by atoms with Crippen molar-refractivity contribution in [2.75, 3.05) is 18.5 Å². The predicted octanol–water partition coefficient (Wildman–Crippen LogP) is 2.72. The average molecular weight is 299 g/mol. The van der Waals surface area contributed by atoms with Crippen LogP contribution < -0.4 is 4.90 Å². The number of rotatable bonds is 2. The van der Waals surface area contributed by atoms with Crippen LogP contribution in [0.15, 0.2) is 35.1 Å². The molecule has 22 heavy (non-hydrogen) atoms. The van der Waals surface area contributed by atoms with E-state index in [1.54, 1.807) is 0 Å². The van der Waals surface area contributed by atoms with Crippen LogP contribution in [0, 0.1) is 0 Å². The molecule has 0 saturated heterocycles. The van der Waals surface area contributed by atoms with Gasteiger partial charge in [-0.05, 0) is 18.6 Å². The van der Waals surface area contributed by atoms with E-state index in [4.69, 9.17) is 4.42 Å². The fourth-order valence-corrected chi connectivity index (χ4v) is 3.05. The zero-order chi connectivity index (χ0) is 15.7. The van der Waals surface area contributed by atoms with E-state index in [2.05, 4.69) is 36.0 Å². The maximum atomic E-state index is 12.9. The maximum Gasteiger partial charge on any atom is 0.276 e. The van der Waals surface area contributed by atoms with Crippen molar-refractivity contribution in [2.45, 2.75) is 32.9 Å². The second-order valence-electron chi connectivity index (χ2n) is 5.77. The van der Waals surface area contributed by atoms with Gasteiger partial charge in [0.2, 0.25) is 0 Å². The third kappa shape index (κ3) is 2.47. The van der Waals surface area contributed by atoms with Gasteiger partial charge in [0.1, 0.15) is 5.76 Å². The molecule has 116 valence electrons. The summed E-state index contributed by atoms with van der Waals surface area (Å²) < 4.78 is 5.31. The fraction of sp³-hybridized carbons (Fsp3) is 0.412. The summed E-state index contributed by atoms with van der Waals surface area (Å²) in [6.45, 7) is 5.43. The minimum absolute atomic E-state index is 0.0526. The predicted molar refractivity (Wildman–Crippen MR) is 84.9 cm³/mol. The number of anilines is 1. The Hall–Kier alpha value is -2.30. The number of aromatic nitrogens is 1. The summed E-state index contributed by atoms with van der Waals surface area (Å²) >= 11 is 0. The van der Waals surface area contributed by atoms with Gasteiger partial charge in [-0.2, -0.15) is 0 Å². The summed E-state index contributed by atoms with van der Waals surface area (Å²) in [5.74, 6) is 0.603. The van der Waals surface area contributed by atoms with Crippen molar-refractivity contribution in [3.05, 3.63) is 47.7 Å². The van der Waals surface area contributed by atoms with E-state index in [1.807, 2.05) is 24.0 Å². The normalized spacial score (nSPS) is 18.0. The highest BCUT2D eigenvalue weighted by molar-refractivity contribution is 5.93. The van der Waals surface area contributed by atoms with Gasteiger partial charge < -0.3 is 14.2 Å². The first-order valence-corrected chi connectivity index (χ1v) is 7.64. The summed E-state index contributed by atoms with van der Waals surface area (Å²) in [6.07, 6.45) is 2.02. The van der Waals surface area contributed by atoms with E-state index >= 15 is 0 Å². The topological polar surface area (TPSA) is 49.6 Å². The van der Waals surface area contributed by atoms with Crippen LogP contribution in [-0.2, 0) is 13.0 Å². The van der Waals surface area contributed by atoms with Crippen molar-refractivity contribution in [3.8, 4) is 0 Å². The van der Waals surface area contributed by atoms with Crippen molar-refractivity contribution < 1.29 is 9.21 Å². The van der Waals surface area contributed by atoms with Crippen molar-refractivity contribution in [1.29, 1.82) is 0 Å². The number of nitrogens with zero attached hydrogens (tertiary/aromatic N) is 3. The Morgan fingerprint density at radius 2 is 2.18 bits per heavy atom. The van der Waals surface area contributed by atoms with Gasteiger partial charge in [-0.15, -0.1) is 0 Å². The fourth-order valence-electron chi connectivity index (χ4n) is 3.05. The van der Waals surface area contributed by atoms with E-state index in [-0.39, 0.29) is 11.9 Å². The molecule has 1 unspecified atom stereocenters. The standard InChI is InChI=1S/C17H21N3O2/c1-4-15-16(18-11-22-15)17(21)20-10-13-7-5-6-8-14(13)19(3)9-12(20)2/h5-8,11-12H,4,9-10H2,1-3H3. The lowest BCUT2D eigenvalue weighted by atomic mass is 10.1. The van der Waals surface area contributed by atoms with Crippen LogP contribution in [0.1, 0.15) is 35.7 Å². The molecule has 1 atom stereocenters. The summed E-state index contributed by atoms with van der Waals surface area (Å²) in [5, 5.41) is 0. The van der Waals surface area contributed by atoms with Gasteiger partial charge in [-0.25, -0.2) is 4.98 Å². The Bertz CT molecular complexity index is 680. The number of aryl methyl sites for hydroxylation is 1. The van der Waals surface area contributed by atoms with Crippen LogP contribution in [0.3, 0.4) is 0 Å². The first-order chi connectivity index (χ1) is 10.6. The molecule has 2 aromatic rings. The van der Waals surface area contributed by atoms with Crippen LogP contribution in [-0.4, -0.2) is 35.4 Å². The minimum Gasteiger partial charge on any atom is -0.448 e. The third-order valence-corrected chi connectivity index (χ3v) is 4.24. The summed E-state index contributed by atoms with van der Waals surface area (Å²) in [4.78, 5) is 21.1. The van der Waals surface area contributed by atoms with Gasteiger partial charge >= 0.3 is 0 Å². The van der Waals surface area contributed by atoms with E-state index in [9.17, 15) is 4.79 Å². The number of hydrogen-bond donors (Lipinski definition) is 0. The Labute approximate surface area is 130 Å².